The Labute approximate surface area is 47.5 Å². The van der Waals surface area contributed by atoms with E-state index >= 15 is 0 Å². The number of nitrogens with zero attached hydrogens (tertiary/aromatic N) is 2. The maximum Gasteiger partial charge on any atom is 0.0610 e. The Morgan fingerprint density at radius 1 is 1.29 bits per heavy atom. The smallest absolute Gasteiger partial charge is 0.0610 e. The molecule has 0 atom stereocenters. The summed E-state index contributed by atoms with van der Waals surface area (Å²) < 4.78 is 3.81. The van der Waals surface area contributed by atoms with Crippen molar-refractivity contribution in [1.29, 1.82) is 0 Å². The van der Waals surface area contributed by atoms with Crippen molar-refractivity contribution >= 4 is 11.9 Å². The lowest BCUT2D eigenvalue weighted by Crippen LogP contribution is -1.77. The Bertz CT molecular complexity index is 64.1. The molecular weight excluding hydrogens is 108 g/mol. The molecule has 3 heteroatoms. The first kappa shape index (κ1) is 5.09. The van der Waals surface area contributed by atoms with Crippen LogP contribution in [0.15, 0.2) is 9.63 Å². The molecule has 2 nitrogen and oxygen atoms in total. The molecule has 0 aromatic heterocycles. The van der Waals surface area contributed by atoms with Crippen molar-refractivity contribution in [2.75, 3.05) is 12.3 Å². The van der Waals surface area contributed by atoms with E-state index in [1.165, 1.54) is 12.8 Å². The average Bonchev–Trinajstić information content (AvgIpc) is 1.90. The lowest BCUT2D eigenvalue weighted by molar-refractivity contribution is 0.808. The Hall–Kier alpha value is -0.0500. The van der Waals surface area contributed by atoms with E-state index in [0.717, 1.165) is 12.3 Å². The summed E-state index contributed by atoms with van der Waals surface area (Å²) in [5.74, 6) is 1.16. The van der Waals surface area contributed by atoms with Crippen molar-refractivity contribution < 1.29 is 0 Å². The minimum atomic E-state index is 0.938. The first-order valence-electron chi connectivity index (χ1n) is 2.49. The fraction of sp³-hybridized carbons (Fsp3) is 1.00. The molecule has 0 N–H and O–H groups in total. The van der Waals surface area contributed by atoms with Gasteiger partial charge in [0.2, 0.25) is 0 Å². The molecule has 1 heterocycles. The van der Waals surface area contributed by atoms with Gasteiger partial charge in [-0.3, -0.25) is 0 Å². The topological polar surface area (TPSA) is 24.7 Å². The van der Waals surface area contributed by atoms with Crippen LogP contribution in [0.1, 0.15) is 12.8 Å². The standard InChI is InChI=1S/C4H8N2S/c1-2-4-7-6-5-3-1/h1-4H2. The summed E-state index contributed by atoms with van der Waals surface area (Å²) in [4.78, 5) is 0. The molecule has 0 aliphatic carbocycles. The molecule has 0 unspecified atom stereocenters. The molecular formula is C4H8N2S. The summed E-state index contributed by atoms with van der Waals surface area (Å²) in [7, 11) is 0. The van der Waals surface area contributed by atoms with Crippen molar-refractivity contribution in [3.8, 4) is 0 Å². The van der Waals surface area contributed by atoms with E-state index in [-0.39, 0.29) is 0 Å². The van der Waals surface area contributed by atoms with Gasteiger partial charge in [-0.15, -0.1) is 4.52 Å². The highest BCUT2D eigenvalue weighted by atomic mass is 32.2. The van der Waals surface area contributed by atoms with Crippen LogP contribution in [0.2, 0.25) is 0 Å². The number of hydrogen-bond acceptors (Lipinski definition) is 3. The Morgan fingerprint density at radius 3 is 3.29 bits per heavy atom. The van der Waals surface area contributed by atoms with Gasteiger partial charge < -0.3 is 0 Å². The van der Waals surface area contributed by atoms with Gasteiger partial charge in [0.05, 0.1) is 6.54 Å². The first-order valence-corrected chi connectivity index (χ1v) is 3.43. The molecule has 0 fully saturated rings. The summed E-state index contributed by atoms with van der Waals surface area (Å²) in [6.07, 6.45) is 2.49. The predicted octanol–water partition coefficient (Wildman–Crippen LogP) is 1.88. The van der Waals surface area contributed by atoms with E-state index in [1.807, 2.05) is 0 Å². The predicted molar refractivity (Wildman–Crippen MR) is 31.4 cm³/mol. The lowest BCUT2D eigenvalue weighted by Gasteiger charge is -1.82. The minimum absolute atomic E-state index is 0.938. The summed E-state index contributed by atoms with van der Waals surface area (Å²) in [6.45, 7) is 0.938. The van der Waals surface area contributed by atoms with Crippen molar-refractivity contribution in [3.63, 3.8) is 0 Å². The SMILES string of the molecule is C1CCSN=NC1. The van der Waals surface area contributed by atoms with Crippen LogP contribution >= 0.6 is 11.9 Å². The maximum absolute atomic E-state index is 3.86. The van der Waals surface area contributed by atoms with E-state index in [9.17, 15) is 0 Å². The molecule has 0 radical (unpaired) electrons. The highest BCUT2D eigenvalue weighted by molar-refractivity contribution is 7.97. The highest BCUT2D eigenvalue weighted by Gasteiger charge is 1.91. The highest BCUT2D eigenvalue weighted by Crippen LogP contribution is 2.10. The molecule has 0 saturated heterocycles. The second-order valence-electron chi connectivity index (χ2n) is 1.49. The van der Waals surface area contributed by atoms with E-state index < -0.39 is 0 Å². The van der Waals surface area contributed by atoms with Crippen LogP contribution in [-0.4, -0.2) is 12.3 Å². The molecule has 0 saturated carbocycles. The van der Waals surface area contributed by atoms with Crippen LogP contribution in [0.25, 0.3) is 0 Å². The van der Waals surface area contributed by atoms with Crippen LogP contribution in [0, 0.1) is 0 Å². The van der Waals surface area contributed by atoms with Crippen LogP contribution in [0.3, 0.4) is 0 Å². The quantitative estimate of drug-likeness (QED) is 0.443. The molecule has 1 aliphatic heterocycles. The number of rotatable bonds is 0. The Morgan fingerprint density at radius 2 is 2.29 bits per heavy atom. The van der Waals surface area contributed by atoms with Gasteiger partial charge in [-0.05, 0) is 24.8 Å². The first-order chi connectivity index (χ1) is 3.50. The summed E-state index contributed by atoms with van der Waals surface area (Å²) >= 11 is 1.57. The fourth-order valence-corrected chi connectivity index (χ4v) is 1.05. The van der Waals surface area contributed by atoms with E-state index in [1.54, 1.807) is 11.9 Å². The molecule has 1 rings (SSSR count). The van der Waals surface area contributed by atoms with Crippen LogP contribution in [0.5, 0.6) is 0 Å². The Kier molecular flexibility index (Phi) is 2.20. The van der Waals surface area contributed by atoms with Gasteiger partial charge in [0, 0.05) is 5.75 Å². The van der Waals surface area contributed by atoms with E-state index in [4.69, 9.17) is 0 Å². The van der Waals surface area contributed by atoms with Crippen LogP contribution in [-0.2, 0) is 0 Å². The maximum atomic E-state index is 3.86. The largest absolute Gasteiger partial charge is 0.182 e. The fourth-order valence-electron chi connectivity index (χ4n) is 0.472. The minimum Gasteiger partial charge on any atom is -0.182 e. The van der Waals surface area contributed by atoms with Gasteiger partial charge >= 0.3 is 0 Å². The van der Waals surface area contributed by atoms with Gasteiger partial charge in [-0.1, -0.05) is 0 Å². The van der Waals surface area contributed by atoms with Crippen molar-refractivity contribution in [1.82, 2.24) is 0 Å². The third kappa shape index (κ3) is 1.92. The van der Waals surface area contributed by atoms with Gasteiger partial charge in [0.15, 0.2) is 0 Å². The summed E-state index contributed by atoms with van der Waals surface area (Å²) in [5, 5.41) is 3.86. The summed E-state index contributed by atoms with van der Waals surface area (Å²) in [5.41, 5.74) is 0. The average molecular weight is 116 g/mol. The zero-order valence-corrected chi connectivity index (χ0v) is 4.95. The van der Waals surface area contributed by atoms with E-state index in [0.29, 0.717) is 0 Å². The van der Waals surface area contributed by atoms with Crippen LogP contribution < -0.4 is 0 Å². The van der Waals surface area contributed by atoms with E-state index in [2.05, 4.69) is 9.63 Å². The van der Waals surface area contributed by atoms with Crippen molar-refractivity contribution in [2.24, 2.45) is 9.63 Å². The zero-order valence-electron chi connectivity index (χ0n) is 4.13. The molecule has 0 spiro atoms. The normalized spacial score (nSPS) is 21.7. The second kappa shape index (κ2) is 3.02. The lowest BCUT2D eigenvalue weighted by atomic mass is 10.3. The summed E-state index contributed by atoms with van der Waals surface area (Å²) in [6, 6.07) is 0. The Balaban J connectivity index is 2.20. The van der Waals surface area contributed by atoms with Gasteiger partial charge in [0.1, 0.15) is 0 Å². The van der Waals surface area contributed by atoms with Gasteiger partial charge in [-0.25, -0.2) is 0 Å². The zero-order chi connectivity index (χ0) is 4.95. The van der Waals surface area contributed by atoms with Crippen molar-refractivity contribution in [3.05, 3.63) is 0 Å². The monoisotopic (exact) mass is 116 g/mol. The van der Waals surface area contributed by atoms with Crippen molar-refractivity contribution in [2.45, 2.75) is 12.8 Å². The molecule has 0 bridgehead atoms. The second-order valence-corrected chi connectivity index (χ2v) is 2.32. The molecule has 40 valence electrons. The van der Waals surface area contributed by atoms with Gasteiger partial charge in [-0.2, -0.15) is 5.11 Å². The van der Waals surface area contributed by atoms with Crippen LogP contribution in [0.4, 0.5) is 0 Å². The molecule has 0 aromatic carbocycles. The number of hydrogen-bond donors (Lipinski definition) is 0. The molecule has 1 aliphatic rings. The van der Waals surface area contributed by atoms with Gasteiger partial charge in [0.25, 0.3) is 0 Å². The third-order valence-corrected chi connectivity index (χ3v) is 1.56. The molecule has 7 heavy (non-hydrogen) atoms. The molecule has 0 aromatic rings. The third-order valence-electron chi connectivity index (χ3n) is 0.859. The molecule has 0 amide bonds.